The van der Waals surface area contributed by atoms with Crippen molar-refractivity contribution >= 4 is 28.1 Å². The van der Waals surface area contributed by atoms with Crippen LogP contribution in [0.4, 0.5) is 0 Å². The van der Waals surface area contributed by atoms with Crippen molar-refractivity contribution in [2.45, 2.75) is 0 Å². The van der Waals surface area contributed by atoms with E-state index in [0.717, 1.165) is 10.0 Å². The third-order valence-corrected chi connectivity index (χ3v) is 4.00. The Kier molecular flexibility index (Phi) is 5.39. The Labute approximate surface area is 152 Å². The molecule has 0 fully saturated rings. The summed E-state index contributed by atoms with van der Waals surface area (Å²) in [6.07, 6.45) is 1.51. The lowest BCUT2D eigenvalue weighted by atomic mass is 10.2. The third-order valence-electron chi connectivity index (χ3n) is 3.31. The zero-order chi connectivity index (χ0) is 17.6. The van der Waals surface area contributed by atoms with Crippen molar-refractivity contribution in [3.8, 4) is 23.0 Å². The van der Waals surface area contributed by atoms with Crippen LogP contribution in [0.2, 0.25) is 0 Å². The SMILES string of the molecule is COc1ccccc1OCC(=O)N/N=C/c1cc2c(cc1Br)OCO2. The highest BCUT2D eigenvalue weighted by Gasteiger charge is 2.15. The number of nitrogens with one attached hydrogen (secondary N) is 1. The monoisotopic (exact) mass is 406 g/mol. The first-order valence-electron chi connectivity index (χ1n) is 7.34. The number of para-hydroxylation sites is 2. The van der Waals surface area contributed by atoms with Crippen LogP contribution in [0.15, 0.2) is 46.0 Å². The second-order valence-electron chi connectivity index (χ2n) is 4.96. The summed E-state index contributed by atoms with van der Waals surface area (Å²) in [6, 6.07) is 10.6. The molecule has 25 heavy (non-hydrogen) atoms. The van der Waals surface area contributed by atoms with Gasteiger partial charge < -0.3 is 18.9 Å². The highest BCUT2D eigenvalue weighted by Crippen LogP contribution is 2.36. The normalized spacial score (nSPS) is 12.2. The van der Waals surface area contributed by atoms with Gasteiger partial charge in [-0.15, -0.1) is 0 Å². The number of hydrogen-bond acceptors (Lipinski definition) is 6. The van der Waals surface area contributed by atoms with Gasteiger partial charge in [0.1, 0.15) is 0 Å². The van der Waals surface area contributed by atoms with Crippen molar-refractivity contribution < 1.29 is 23.7 Å². The number of hydrogen-bond donors (Lipinski definition) is 1. The second-order valence-corrected chi connectivity index (χ2v) is 5.81. The van der Waals surface area contributed by atoms with Gasteiger partial charge in [0.25, 0.3) is 5.91 Å². The molecule has 0 aromatic heterocycles. The number of nitrogens with zero attached hydrogens (tertiary/aromatic N) is 1. The minimum atomic E-state index is -0.390. The van der Waals surface area contributed by atoms with Gasteiger partial charge in [0, 0.05) is 10.0 Å². The zero-order valence-corrected chi connectivity index (χ0v) is 14.9. The predicted octanol–water partition coefficient (Wildman–Crippen LogP) is 2.72. The molecule has 1 aliphatic rings. The van der Waals surface area contributed by atoms with Crippen LogP contribution in [0.5, 0.6) is 23.0 Å². The van der Waals surface area contributed by atoms with Crippen LogP contribution in [0, 0.1) is 0 Å². The topological polar surface area (TPSA) is 78.4 Å². The Morgan fingerprint density at radius 1 is 1.28 bits per heavy atom. The fourth-order valence-corrected chi connectivity index (χ4v) is 2.54. The first kappa shape index (κ1) is 17.1. The molecule has 2 aromatic rings. The number of methoxy groups -OCH3 is 1. The van der Waals surface area contributed by atoms with Gasteiger partial charge in [-0.1, -0.05) is 12.1 Å². The van der Waals surface area contributed by atoms with Crippen LogP contribution in [-0.4, -0.2) is 32.6 Å². The van der Waals surface area contributed by atoms with Crippen LogP contribution in [0.3, 0.4) is 0 Å². The van der Waals surface area contributed by atoms with Gasteiger partial charge in [0.2, 0.25) is 6.79 Å². The van der Waals surface area contributed by atoms with Crippen molar-refractivity contribution in [2.75, 3.05) is 20.5 Å². The lowest BCUT2D eigenvalue weighted by Crippen LogP contribution is -2.24. The first-order valence-corrected chi connectivity index (χ1v) is 8.13. The van der Waals surface area contributed by atoms with Crippen molar-refractivity contribution in [1.82, 2.24) is 5.43 Å². The fourth-order valence-electron chi connectivity index (χ4n) is 2.12. The molecule has 0 bridgehead atoms. The summed E-state index contributed by atoms with van der Waals surface area (Å²) in [7, 11) is 1.54. The van der Waals surface area contributed by atoms with E-state index in [1.54, 1.807) is 30.3 Å². The molecule has 1 aliphatic heterocycles. The number of carbonyl (C=O) groups excluding carboxylic acids is 1. The second kappa shape index (κ2) is 7.89. The molecule has 1 N–H and O–H groups in total. The molecule has 0 saturated heterocycles. The van der Waals surface area contributed by atoms with Crippen LogP contribution >= 0.6 is 15.9 Å². The molecule has 8 heteroatoms. The Balaban J connectivity index is 1.55. The zero-order valence-electron chi connectivity index (χ0n) is 13.3. The molecule has 1 heterocycles. The van der Waals surface area contributed by atoms with E-state index in [9.17, 15) is 4.79 Å². The summed E-state index contributed by atoms with van der Waals surface area (Å²) < 4.78 is 21.9. The number of carbonyl (C=O) groups is 1. The maximum Gasteiger partial charge on any atom is 0.277 e. The Morgan fingerprint density at radius 2 is 2.00 bits per heavy atom. The summed E-state index contributed by atoms with van der Waals surface area (Å²) in [4.78, 5) is 11.8. The molecule has 0 spiro atoms. The van der Waals surface area contributed by atoms with E-state index in [-0.39, 0.29) is 19.3 Å². The van der Waals surface area contributed by atoms with Gasteiger partial charge in [0.05, 0.1) is 13.3 Å². The Morgan fingerprint density at radius 3 is 2.76 bits per heavy atom. The number of amides is 1. The number of benzene rings is 2. The van der Waals surface area contributed by atoms with Gasteiger partial charge in [-0.3, -0.25) is 4.79 Å². The number of hydrazone groups is 1. The van der Waals surface area contributed by atoms with E-state index >= 15 is 0 Å². The van der Waals surface area contributed by atoms with Crippen LogP contribution in [0.1, 0.15) is 5.56 Å². The van der Waals surface area contributed by atoms with Gasteiger partial charge in [-0.2, -0.15) is 5.10 Å². The van der Waals surface area contributed by atoms with E-state index in [1.807, 2.05) is 6.07 Å². The largest absolute Gasteiger partial charge is 0.493 e. The molecule has 1 amide bonds. The van der Waals surface area contributed by atoms with Gasteiger partial charge >= 0.3 is 0 Å². The van der Waals surface area contributed by atoms with Gasteiger partial charge in [-0.05, 0) is 40.2 Å². The minimum Gasteiger partial charge on any atom is -0.493 e. The molecule has 0 atom stereocenters. The van der Waals surface area contributed by atoms with Crippen molar-refractivity contribution in [3.05, 3.63) is 46.4 Å². The molecule has 0 saturated carbocycles. The van der Waals surface area contributed by atoms with Crippen molar-refractivity contribution in [2.24, 2.45) is 5.10 Å². The molecule has 0 aliphatic carbocycles. The molecular formula is C17H15BrN2O5. The van der Waals surface area contributed by atoms with E-state index in [1.165, 1.54) is 13.3 Å². The maximum absolute atomic E-state index is 11.8. The quantitative estimate of drug-likeness (QED) is 0.589. The summed E-state index contributed by atoms with van der Waals surface area (Å²) >= 11 is 3.42. The Bertz CT molecular complexity index is 810. The molecule has 0 unspecified atom stereocenters. The molecule has 2 aromatic carbocycles. The lowest BCUT2D eigenvalue weighted by Gasteiger charge is -2.09. The first-order chi connectivity index (χ1) is 12.2. The van der Waals surface area contributed by atoms with Crippen molar-refractivity contribution in [3.63, 3.8) is 0 Å². The minimum absolute atomic E-state index is 0.181. The van der Waals surface area contributed by atoms with E-state index in [2.05, 4.69) is 26.5 Å². The van der Waals surface area contributed by atoms with E-state index in [0.29, 0.717) is 23.0 Å². The average Bonchev–Trinajstić information content (AvgIpc) is 3.07. The lowest BCUT2D eigenvalue weighted by molar-refractivity contribution is -0.123. The number of halogens is 1. The fraction of sp³-hybridized carbons (Fsp3) is 0.176. The molecular weight excluding hydrogens is 392 g/mol. The predicted molar refractivity (Wildman–Crippen MR) is 94.5 cm³/mol. The summed E-state index contributed by atoms with van der Waals surface area (Å²) in [5, 5.41) is 3.92. The van der Waals surface area contributed by atoms with Crippen molar-refractivity contribution in [1.29, 1.82) is 0 Å². The van der Waals surface area contributed by atoms with E-state index in [4.69, 9.17) is 18.9 Å². The smallest absolute Gasteiger partial charge is 0.277 e. The highest BCUT2D eigenvalue weighted by molar-refractivity contribution is 9.10. The standard InChI is InChI=1S/C17H15BrN2O5/c1-22-13-4-2-3-5-14(13)23-9-17(21)20-19-8-11-6-15-16(7-12(11)18)25-10-24-15/h2-8H,9-10H2,1H3,(H,20,21)/b19-8+. The van der Waals surface area contributed by atoms with Crippen LogP contribution < -0.4 is 24.4 Å². The summed E-state index contributed by atoms with van der Waals surface area (Å²) in [5.41, 5.74) is 3.15. The van der Waals surface area contributed by atoms with Gasteiger partial charge in [-0.25, -0.2) is 5.43 Å². The maximum atomic E-state index is 11.8. The van der Waals surface area contributed by atoms with E-state index < -0.39 is 0 Å². The Hall–Kier alpha value is -2.74. The molecule has 3 rings (SSSR count). The van der Waals surface area contributed by atoms with Crippen LogP contribution in [-0.2, 0) is 4.79 Å². The average molecular weight is 407 g/mol. The molecule has 0 radical (unpaired) electrons. The summed E-state index contributed by atoms with van der Waals surface area (Å²) in [6.45, 7) is 0.0133. The summed E-state index contributed by atoms with van der Waals surface area (Å²) in [5.74, 6) is 1.96. The molecule has 130 valence electrons. The van der Waals surface area contributed by atoms with Crippen LogP contribution in [0.25, 0.3) is 0 Å². The number of fused-ring (bicyclic) bond motifs is 1. The number of rotatable bonds is 6. The highest BCUT2D eigenvalue weighted by atomic mass is 79.9. The third kappa shape index (κ3) is 4.21. The number of ether oxygens (including phenoxy) is 4. The molecule has 7 nitrogen and oxygen atoms in total. The van der Waals surface area contributed by atoms with Gasteiger partial charge in [0.15, 0.2) is 29.6 Å².